The molecule has 0 saturated heterocycles. The Morgan fingerprint density at radius 2 is 1.75 bits per heavy atom. The van der Waals surface area contributed by atoms with Gasteiger partial charge in [-0.15, -0.1) is 0 Å². The van der Waals surface area contributed by atoms with E-state index in [1.54, 1.807) is 0 Å². The summed E-state index contributed by atoms with van der Waals surface area (Å²) in [6, 6.07) is 16.3. The summed E-state index contributed by atoms with van der Waals surface area (Å²) in [5.41, 5.74) is 4.39. The van der Waals surface area contributed by atoms with Gasteiger partial charge in [0.15, 0.2) is 0 Å². The molecule has 100 valence electrons. The normalized spacial score (nSPS) is 10.7. The number of para-hydroxylation sites is 1. The molecule has 3 nitrogen and oxygen atoms in total. The van der Waals surface area contributed by atoms with Crippen LogP contribution in [0.25, 0.3) is 22.0 Å². The highest BCUT2D eigenvalue weighted by molar-refractivity contribution is 5.96. The van der Waals surface area contributed by atoms with Crippen molar-refractivity contribution >= 4 is 22.5 Å². The first kappa shape index (κ1) is 12.5. The van der Waals surface area contributed by atoms with Crippen LogP contribution >= 0.6 is 0 Å². The van der Waals surface area contributed by atoms with Crippen molar-refractivity contribution in [2.24, 2.45) is 7.05 Å². The molecule has 0 bridgehead atoms. The van der Waals surface area contributed by atoms with Crippen molar-refractivity contribution in [1.29, 1.82) is 0 Å². The Kier molecular flexibility index (Phi) is 3.03. The molecular weight excluding hydrogens is 248 g/mol. The van der Waals surface area contributed by atoms with Crippen LogP contribution in [0.15, 0.2) is 54.7 Å². The van der Waals surface area contributed by atoms with Crippen molar-refractivity contribution < 1.29 is 4.79 Å². The van der Waals surface area contributed by atoms with E-state index in [2.05, 4.69) is 41.3 Å². The number of amides is 1. The third kappa shape index (κ3) is 2.18. The number of hydrogen-bond acceptors (Lipinski definition) is 1. The second kappa shape index (κ2) is 4.85. The van der Waals surface area contributed by atoms with E-state index in [1.165, 1.54) is 23.4 Å². The lowest BCUT2D eigenvalue weighted by atomic mass is 10.0. The standard InChI is InChI=1S/C17H16N2O/c1-12(20)18-14-9-7-13(8-10-14)16-11-19(2)17-6-4-3-5-15(16)17/h3-11H,1-2H3,(H,18,20). The Hall–Kier alpha value is -2.55. The summed E-state index contributed by atoms with van der Waals surface area (Å²) >= 11 is 0. The second-order valence-electron chi connectivity index (χ2n) is 4.93. The van der Waals surface area contributed by atoms with Crippen LogP contribution in [0.3, 0.4) is 0 Å². The molecule has 20 heavy (non-hydrogen) atoms. The van der Waals surface area contributed by atoms with Crippen molar-refractivity contribution in [2.75, 3.05) is 5.32 Å². The Bertz CT molecular complexity index is 769. The van der Waals surface area contributed by atoms with Crippen molar-refractivity contribution in [3.05, 3.63) is 54.7 Å². The van der Waals surface area contributed by atoms with Crippen LogP contribution in [0.2, 0.25) is 0 Å². The van der Waals surface area contributed by atoms with Crippen LogP contribution in [-0.4, -0.2) is 10.5 Å². The van der Waals surface area contributed by atoms with E-state index in [1.807, 2.05) is 30.3 Å². The van der Waals surface area contributed by atoms with Crippen LogP contribution in [0, 0.1) is 0 Å². The molecule has 3 rings (SSSR count). The number of fused-ring (bicyclic) bond motifs is 1. The highest BCUT2D eigenvalue weighted by Gasteiger charge is 2.07. The van der Waals surface area contributed by atoms with Gasteiger partial charge in [-0.2, -0.15) is 0 Å². The van der Waals surface area contributed by atoms with E-state index < -0.39 is 0 Å². The highest BCUT2D eigenvalue weighted by atomic mass is 16.1. The predicted octanol–water partition coefficient (Wildman–Crippen LogP) is 3.80. The number of hydrogen-bond donors (Lipinski definition) is 1. The fourth-order valence-electron chi connectivity index (χ4n) is 2.51. The molecule has 2 aromatic carbocycles. The number of aryl methyl sites for hydroxylation is 1. The van der Waals surface area contributed by atoms with Crippen LogP contribution in [0.4, 0.5) is 5.69 Å². The molecule has 0 atom stereocenters. The SMILES string of the molecule is CC(=O)Nc1ccc(-c2cn(C)c3ccccc23)cc1. The van der Waals surface area contributed by atoms with Gasteiger partial charge >= 0.3 is 0 Å². The zero-order chi connectivity index (χ0) is 14.1. The fourth-order valence-corrected chi connectivity index (χ4v) is 2.51. The first-order chi connectivity index (χ1) is 9.65. The average Bonchev–Trinajstić information content (AvgIpc) is 2.77. The Labute approximate surface area is 117 Å². The molecule has 0 unspecified atom stereocenters. The molecule has 3 aromatic rings. The number of rotatable bonds is 2. The molecule has 1 heterocycles. The number of anilines is 1. The summed E-state index contributed by atoms with van der Waals surface area (Å²) in [4.78, 5) is 11.0. The maximum Gasteiger partial charge on any atom is 0.221 e. The summed E-state index contributed by atoms with van der Waals surface area (Å²) in [6.07, 6.45) is 2.14. The van der Waals surface area contributed by atoms with E-state index in [4.69, 9.17) is 0 Å². The van der Waals surface area contributed by atoms with E-state index in [0.29, 0.717) is 0 Å². The summed E-state index contributed by atoms with van der Waals surface area (Å²) in [5, 5.41) is 4.02. The molecular formula is C17H16N2O. The van der Waals surface area contributed by atoms with E-state index in [-0.39, 0.29) is 5.91 Å². The number of aromatic nitrogens is 1. The van der Waals surface area contributed by atoms with Gasteiger partial charge in [0, 0.05) is 42.3 Å². The second-order valence-corrected chi connectivity index (χ2v) is 4.93. The van der Waals surface area contributed by atoms with Gasteiger partial charge in [-0.05, 0) is 23.8 Å². The van der Waals surface area contributed by atoms with Gasteiger partial charge in [0.2, 0.25) is 5.91 Å². The minimum atomic E-state index is -0.0529. The first-order valence-corrected chi connectivity index (χ1v) is 6.57. The number of carbonyl (C=O) groups is 1. The molecule has 0 fully saturated rings. The Balaban J connectivity index is 2.05. The largest absolute Gasteiger partial charge is 0.350 e. The van der Waals surface area contributed by atoms with E-state index in [0.717, 1.165) is 11.3 Å². The van der Waals surface area contributed by atoms with Gasteiger partial charge in [0.1, 0.15) is 0 Å². The number of nitrogens with one attached hydrogen (secondary N) is 1. The lowest BCUT2D eigenvalue weighted by molar-refractivity contribution is -0.114. The molecule has 0 aliphatic rings. The molecule has 1 N–H and O–H groups in total. The van der Waals surface area contributed by atoms with E-state index in [9.17, 15) is 4.79 Å². The van der Waals surface area contributed by atoms with Gasteiger partial charge in [-0.25, -0.2) is 0 Å². The van der Waals surface area contributed by atoms with Gasteiger partial charge in [0.05, 0.1) is 0 Å². The van der Waals surface area contributed by atoms with Crippen LogP contribution in [-0.2, 0) is 11.8 Å². The third-order valence-corrected chi connectivity index (χ3v) is 3.41. The molecule has 0 aliphatic carbocycles. The number of benzene rings is 2. The van der Waals surface area contributed by atoms with Crippen molar-refractivity contribution in [2.45, 2.75) is 6.92 Å². The smallest absolute Gasteiger partial charge is 0.221 e. The maximum atomic E-state index is 11.0. The van der Waals surface area contributed by atoms with Crippen molar-refractivity contribution in [3.63, 3.8) is 0 Å². The molecule has 1 amide bonds. The van der Waals surface area contributed by atoms with Crippen molar-refractivity contribution in [1.82, 2.24) is 4.57 Å². The first-order valence-electron chi connectivity index (χ1n) is 6.57. The van der Waals surface area contributed by atoms with Gasteiger partial charge in [-0.3, -0.25) is 4.79 Å². The molecule has 0 aliphatic heterocycles. The van der Waals surface area contributed by atoms with Crippen LogP contribution in [0.5, 0.6) is 0 Å². The van der Waals surface area contributed by atoms with Crippen LogP contribution in [0.1, 0.15) is 6.92 Å². The lowest BCUT2D eigenvalue weighted by Crippen LogP contribution is -2.05. The highest BCUT2D eigenvalue weighted by Crippen LogP contribution is 2.30. The zero-order valence-corrected chi connectivity index (χ0v) is 11.6. The topological polar surface area (TPSA) is 34.0 Å². The molecule has 0 saturated carbocycles. The summed E-state index contributed by atoms with van der Waals surface area (Å²) < 4.78 is 2.13. The maximum absolute atomic E-state index is 11.0. The summed E-state index contributed by atoms with van der Waals surface area (Å²) in [5.74, 6) is -0.0529. The summed E-state index contributed by atoms with van der Waals surface area (Å²) in [7, 11) is 2.05. The monoisotopic (exact) mass is 264 g/mol. The number of nitrogens with zero attached hydrogens (tertiary/aromatic N) is 1. The minimum absolute atomic E-state index is 0.0529. The molecule has 1 aromatic heterocycles. The molecule has 0 spiro atoms. The Morgan fingerprint density at radius 3 is 2.45 bits per heavy atom. The lowest BCUT2D eigenvalue weighted by Gasteiger charge is -2.04. The quantitative estimate of drug-likeness (QED) is 0.750. The molecule has 0 radical (unpaired) electrons. The van der Waals surface area contributed by atoms with Crippen LogP contribution < -0.4 is 5.32 Å². The summed E-state index contributed by atoms with van der Waals surface area (Å²) in [6.45, 7) is 1.51. The zero-order valence-electron chi connectivity index (χ0n) is 11.6. The molecule has 3 heteroatoms. The van der Waals surface area contributed by atoms with Gasteiger partial charge < -0.3 is 9.88 Å². The Morgan fingerprint density at radius 1 is 1.05 bits per heavy atom. The van der Waals surface area contributed by atoms with E-state index >= 15 is 0 Å². The van der Waals surface area contributed by atoms with Gasteiger partial charge in [0.25, 0.3) is 0 Å². The fraction of sp³-hybridized carbons (Fsp3) is 0.118. The average molecular weight is 264 g/mol. The van der Waals surface area contributed by atoms with Crippen molar-refractivity contribution in [3.8, 4) is 11.1 Å². The number of carbonyl (C=O) groups excluding carboxylic acids is 1. The van der Waals surface area contributed by atoms with Gasteiger partial charge in [-0.1, -0.05) is 30.3 Å². The third-order valence-electron chi connectivity index (χ3n) is 3.41. The predicted molar refractivity (Wildman–Crippen MR) is 82.7 cm³/mol. The minimum Gasteiger partial charge on any atom is -0.350 e.